The van der Waals surface area contributed by atoms with Crippen LogP contribution >= 0.6 is 15.9 Å². The third kappa shape index (κ3) is 3.22. The van der Waals surface area contributed by atoms with E-state index in [1.54, 1.807) is 0 Å². The van der Waals surface area contributed by atoms with E-state index in [1.807, 2.05) is 42.5 Å². The van der Waals surface area contributed by atoms with Gasteiger partial charge < -0.3 is 0 Å². The van der Waals surface area contributed by atoms with Crippen molar-refractivity contribution >= 4 is 15.9 Å². The van der Waals surface area contributed by atoms with Crippen LogP contribution < -0.4 is 0 Å². The molecule has 0 unspecified atom stereocenters. The fourth-order valence-electron chi connectivity index (χ4n) is 1.62. The average Bonchev–Trinajstić information content (AvgIpc) is 2.38. The molecule has 84 valence electrons. The minimum atomic E-state index is 0.228. The van der Waals surface area contributed by atoms with Gasteiger partial charge in [0.1, 0.15) is 0 Å². The molecule has 1 atom stereocenters. The van der Waals surface area contributed by atoms with Crippen molar-refractivity contribution in [3.05, 3.63) is 70.2 Å². The third-order valence-corrected chi connectivity index (χ3v) is 3.30. The molecular weight excluding hydrogens is 272 g/mol. The van der Waals surface area contributed by atoms with Gasteiger partial charge in [-0.1, -0.05) is 64.2 Å². The maximum atomic E-state index is 3.56. The molecule has 2 rings (SSSR count). The predicted molar refractivity (Wildman–Crippen MR) is 75.9 cm³/mol. The summed E-state index contributed by atoms with van der Waals surface area (Å²) in [6.07, 6.45) is 0. The summed E-state index contributed by atoms with van der Waals surface area (Å²) in [6.45, 7) is 2.12. The Balaban J connectivity index is 2.21. The van der Waals surface area contributed by atoms with Crippen LogP contribution in [0.3, 0.4) is 0 Å². The van der Waals surface area contributed by atoms with Crippen molar-refractivity contribution in [1.82, 2.24) is 0 Å². The summed E-state index contributed by atoms with van der Waals surface area (Å²) in [5, 5.41) is 0. The first-order chi connectivity index (χ1) is 8.27. The lowest BCUT2D eigenvalue weighted by Crippen LogP contribution is -1.90. The van der Waals surface area contributed by atoms with Gasteiger partial charge >= 0.3 is 0 Å². The molecule has 0 N–H and O–H groups in total. The smallest absolute Gasteiger partial charge is 0.0439 e. The summed E-state index contributed by atoms with van der Waals surface area (Å²) in [5.41, 5.74) is 2.29. The summed E-state index contributed by atoms with van der Waals surface area (Å²) >= 11 is 3.56. The van der Waals surface area contributed by atoms with Crippen LogP contribution in [-0.4, -0.2) is 0 Å². The van der Waals surface area contributed by atoms with Crippen molar-refractivity contribution in [2.24, 2.45) is 0 Å². The molecule has 0 aromatic heterocycles. The molecule has 0 amide bonds. The molecule has 0 aliphatic heterocycles. The highest BCUT2D eigenvalue weighted by Gasteiger charge is 2.04. The molecule has 0 saturated carbocycles. The molecule has 2 aromatic rings. The van der Waals surface area contributed by atoms with Gasteiger partial charge in [0.05, 0.1) is 0 Å². The van der Waals surface area contributed by atoms with Crippen LogP contribution in [0.5, 0.6) is 0 Å². The van der Waals surface area contributed by atoms with Crippen LogP contribution in [0.15, 0.2) is 59.1 Å². The molecule has 2 aromatic carbocycles. The molecule has 0 nitrogen and oxygen atoms in total. The standard InChI is InChI=1S/C16H13Br/c1-13(15-9-5-6-10-16(15)17)11-12-14-7-3-2-4-8-14/h2-10,13H,1H3/t13-/m0/s1. The van der Waals surface area contributed by atoms with Gasteiger partial charge in [0.25, 0.3) is 0 Å². The lowest BCUT2D eigenvalue weighted by Gasteiger charge is -2.06. The van der Waals surface area contributed by atoms with Crippen LogP contribution in [0.25, 0.3) is 0 Å². The number of hydrogen-bond donors (Lipinski definition) is 0. The highest BCUT2D eigenvalue weighted by atomic mass is 79.9. The maximum Gasteiger partial charge on any atom is 0.0439 e. The molecule has 0 heterocycles. The lowest BCUT2D eigenvalue weighted by atomic mass is 10.0. The lowest BCUT2D eigenvalue weighted by molar-refractivity contribution is 0.996. The predicted octanol–water partition coefficient (Wildman–Crippen LogP) is 4.60. The Kier molecular flexibility index (Phi) is 4.01. The molecule has 0 bridgehead atoms. The van der Waals surface area contributed by atoms with Crippen LogP contribution in [0, 0.1) is 11.8 Å². The highest BCUT2D eigenvalue weighted by Crippen LogP contribution is 2.23. The Labute approximate surface area is 111 Å². The van der Waals surface area contributed by atoms with Crippen LogP contribution in [0.2, 0.25) is 0 Å². The van der Waals surface area contributed by atoms with Crippen molar-refractivity contribution in [2.45, 2.75) is 12.8 Å². The van der Waals surface area contributed by atoms with Gasteiger partial charge in [-0.05, 0) is 30.7 Å². The van der Waals surface area contributed by atoms with E-state index in [9.17, 15) is 0 Å². The third-order valence-electron chi connectivity index (χ3n) is 2.58. The number of benzene rings is 2. The van der Waals surface area contributed by atoms with E-state index >= 15 is 0 Å². The van der Waals surface area contributed by atoms with Gasteiger partial charge in [0, 0.05) is 16.0 Å². The van der Waals surface area contributed by atoms with Gasteiger partial charge in [-0.15, -0.1) is 0 Å². The monoisotopic (exact) mass is 284 g/mol. The fraction of sp³-hybridized carbons (Fsp3) is 0.125. The van der Waals surface area contributed by atoms with Gasteiger partial charge in [-0.2, -0.15) is 0 Å². The first kappa shape index (κ1) is 12.0. The Hall–Kier alpha value is -1.52. The quantitative estimate of drug-likeness (QED) is 0.671. The largest absolute Gasteiger partial charge is 0.0899 e. The Morgan fingerprint density at radius 1 is 0.941 bits per heavy atom. The SMILES string of the molecule is C[C@@H](C#Cc1ccccc1)c1ccccc1Br. The van der Waals surface area contributed by atoms with E-state index in [0.29, 0.717) is 0 Å². The van der Waals surface area contributed by atoms with Gasteiger partial charge in [0.15, 0.2) is 0 Å². The molecule has 0 aliphatic carbocycles. The Bertz CT molecular complexity index is 546. The van der Waals surface area contributed by atoms with E-state index in [4.69, 9.17) is 0 Å². The van der Waals surface area contributed by atoms with Gasteiger partial charge in [-0.25, -0.2) is 0 Å². The number of halogens is 1. The topological polar surface area (TPSA) is 0 Å². The summed E-state index contributed by atoms with van der Waals surface area (Å²) in [5.74, 6) is 6.70. The summed E-state index contributed by atoms with van der Waals surface area (Å²) in [7, 11) is 0. The molecule has 0 saturated heterocycles. The van der Waals surface area contributed by atoms with E-state index in [2.05, 4.69) is 46.8 Å². The Morgan fingerprint density at radius 2 is 1.59 bits per heavy atom. The van der Waals surface area contributed by atoms with E-state index < -0.39 is 0 Å². The van der Waals surface area contributed by atoms with Crippen LogP contribution in [0.4, 0.5) is 0 Å². The van der Waals surface area contributed by atoms with Crippen LogP contribution in [-0.2, 0) is 0 Å². The molecule has 0 radical (unpaired) electrons. The van der Waals surface area contributed by atoms with Crippen molar-refractivity contribution in [2.75, 3.05) is 0 Å². The van der Waals surface area contributed by atoms with Gasteiger partial charge in [-0.3, -0.25) is 0 Å². The summed E-state index contributed by atoms with van der Waals surface area (Å²) in [6, 6.07) is 18.3. The normalized spacial score (nSPS) is 11.4. The maximum absolute atomic E-state index is 3.56. The second-order valence-corrected chi connectivity index (χ2v) is 4.73. The second-order valence-electron chi connectivity index (χ2n) is 3.88. The molecule has 0 aliphatic rings. The minimum absolute atomic E-state index is 0.228. The molecule has 1 heteroatoms. The zero-order chi connectivity index (χ0) is 12.1. The van der Waals surface area contributed by atoms with Crippen molar-refractivity contribution in [3.63, 3.8) is 0 Å². The van der Waals surface area contributed by atoms with Crippen molar-refractivity contribution in [3.8, 4) is 11.8 Å². The van der Waals surface area contributed by atoms with Crippen molar-refractivity contribution in [1.29, 1.82) is 0 Å². The molecule has 0 fully saturated rings. The second kappa shape index (κ2) is 5.70. The summed E-state index contributed by atoms with van der Waals surface area (Å²) in [4.78, 5) is 0. The van der Waals surface area contributed by atoms with Crippen molar-refractivity contribution < 1.29 is 0 Å². The van der Waals surface area contributed by atoms with Crippen LogP contribution in [0.1, 0.15) is 24.0 Å². The first-order valence-electron chi connectivity index (χ1n) is 5.58. The van der Waals surface area contributed by atoms with E-state index in [1.165, 1.54) is 5.56 Å². The Morgan fingerprint density at radius 3 is 2.29 bits per heavy atom. The number of hydrogen-bond acceptors (Lipinski definition) is 0. The molecule has 0 spiro atoms. The zero-order valence-corrected chi connectivity index (χ0v) is 11.2. The molecular formula is C16H13Br. The average molecular weight is 285 g/mol. The number of rotatable bonds is 1. The van der Waals surface area contributed by atoms with E-state index in [0.717, 1.165) is 10.0 Å². The first-order valence-corrected chi connectivity index (χ1v) is 6.37. The minimum Gasteiger partial charge on any atom is -0.0899 e. The molecule has 17 heavy (non-hydrogen) atoms. The highest BCUT2D eigenvalue weighted by molar-refractivity contribution is 9.10. The fourth-order valence-corrected chi connectivity index (χ4v) is 2.25. The zero-order valence-electron chi connectivity index (χ0n) is 9.65. The van der Waals surface area contributed by atoms with Gasteiger partial charge in [0.2, 0.25) is 0 Å². The van der Waals surface area contributed by atoms with E-state index in [-0.39, 0.29) is 5.92 Å². The summed E-state index contributed by atoms with van der Waals surface area (Å²) < 4.78 is 1.12.